The van der Waals surface area contributed by atoms with E-state index in [1.54, 1.807) is 6.92 Å². The molecule has 1 aromatic rings. The van der Waals surface area contributed by atoms with Crippen LogP contribution in [0.5, 0.6) is 0 Å². The summed E-state index contributed by atoms with van der Waals surface area (Å²) in [5.74, 6) is -2.49. The Kier molecular flexibility index (Phi) is 7.51. The van der Waals surface area contributed by atoms with Crippen molar-refractivity contribution in [2.45, 2.75) is 26.3 Å². The van der Waals surface area contributed by atoms with Gasteiger partial charge in [-0.05, 0) is 12.0 Å². The first-order valence-electron chi connectivity index (χ1n) is 7.59. The Morgan fingerprint density at radius 2 is 1.92 bits per heavy atom. The largest absolute Gasteiger partial charge is 0.467 e. The summed E-state index contributed by atoms with van der Waals surface area (Å²) in [6.07, 6.45) is 0.621. The summed E-state index contributed by atoms with van der Waals surface area (Å²) < 4.78 is 9.44. The molecule has 9 heteroatoms. The van der Waals surface area contributed by atoms with Gasteiger partial charge in [0.25, 0.3) is 11.6 Å². The van der Waals surface area contributed by atoms with Crippen LogP contribution < -0.4 is 5.32 Å². The number of carbonyl (C=O) groups excluding carboxylic acids is 3. The number of rotatable bonds is 8. The number of esters is 2. The maximum Gasteiger partial charge on any atom is 0.345 e. The summed E-state index contributed by atoms with van der Waals surface area (Å²) in [5.41, 5.74) is -0.674. The lowest BCUT2D eigenvalue weighted by molar-refractivity contribution is -0.385. The number of nitrogens with zero attached hydrogens (tertiary/aromatic N) is 1. The Bertz CT molecular complexity index is 660. The fourth-order valence-corrected chi connectivity index (χ4v) is 2.03. The fourth-order valence-electron chi connectivity index (χ4n) is 2.03. The molecule has 1 rings (SSSR count). The molecule has 1 N–H and O–H groups in total. The van der Waals surface area contributed by atoms with Crippen molar-refractivity contribution < 1.29 is 28.8 Å². The highest BCUT2D eigenvalue weighted by Crippen LogP contribution is 2.18. The maximum absolute atomic E-state index is 11.9. The monoisotopic (exact) mass is 352 g/mol. The molecule has 0 heterocycles. The summed E-state index contributed by atoms with van der Waals surface area (Å²) in [7, 11) is 1.21. The molecule has 0 bridgehead atoms. The Labute approximate surface area is 144 Å². The zero-order valence-electron chi connectivity index (χ0n) is 14.2. The zero-order valence-corrected chi connectivity index (χ0v) is 14.2. The van der Waals surface area contributed by atoms with Gasteiger partial charge in [0.2, 0.25) is 0 Å². The molecular formula is C16H20N2O7. The minimum atomic E-state index is -0.999. The van der Waals surface area contributed by atoms with Crippen LogP contribution in [0.4, 0.5) is 5.69 Å². The summed E-state index contributed by atoms with van der Waals surface area (Å²) in [6.45, 7) is 2.94. The molecule has 0 saturated heterocycles. The highest BCUT2D eigenvalue weighted by Gasteiger charge is 2.27. The number of nitrogens with one attached hydrogen (secondary N) is 1. The first kappa shape index (κ1) is 20.1. The van der Waals surface area contributed by atoms with Crippen LogP contribution in [0.3, 0.4) is 0 Å². The highest BCUT2D eigenvalue weighted by molar-refractivity contribution is 5.95. The zero-order chi connectivity index (χ0) is 19.0. The van der Waals surface area contributed by atoms with Crippen LogP contribution in [0.15, 0.2) is 24.3 Å². The van der Waals surface area contributed by atoms with E-state index in [9.17, 15) is 24.5 Å². The van der Waals surface area contributed by atoms with Crippen molar-refractivity contribution in [2.24, 2.45) is 5.92 Å². The number of hydrogen-bond acceptors (Lipinski definition) is 7. The molecule has 0 unspecified atom stereocenters. The minimum absolute atomic E-state index is 0.178. The molecule has 0 spiro atoms. The molecule has 0 fully saturated rings. The Balaban J connectivity index is 2.71. The van der Waals surface area contributed by atoms with Crippen molar-refractivity contribution in [3.8, 4) is 0 Å². The molecule has 136 valence electrons. The van der Waals surface area contributed by atoms with Gasteiger partial charge < -0.3 is 14.8 Å². The number of amides is 1. The third-order valence-corrected chi connectivity index (χ3v) is 3.64. The van der Waals surface area contributed by atoms with E-state index in [1.807, 2.05) is 6.92 Å². The fraction of sp³-hybridized carbons (Fsp3) is 0.438. The molecule has 0 aromatic heterocycles. The van der Waals surface area contributed by atoms with E-state index in [1.165, 1.54) is 25.3 Å². The lowest BCUT2D eigenvalue weighted by atomic mass is 9.99. The standard InChI is InChI=1S/C16H20N2O7/c1-4-10(2)14(16(21)24-3)17-13(19)9-25-15(20)11-7-5-6-8-12(11)18(22)23/h5-8,10,14H,4,9H2,1-3H3,(H,17,19)/t10-,14-/m1/s1. The van der Waals surface area contributed by atoms with Gasteiger partial charge in [-0.2, -0.15) is 0 Å². The van der Waals surface area contributed by atoms with Gasteiger partial charge in [-0.1, -0.05) is 32.4 Å². The lowest BCUT2D eigenvalue weighted by Gasteiger charge is -2.21. The first-order valence-corrected chi connectivity index (χ1v) is 7.59. The predicted octanol–water partition coefficient (Wildman–Crippen LogP) is 1.46. The van der Waals surface area contributed by atoms with Crippen molar-refractivity contribution in [3.05, 3.63) is 39.9 Å². The molecule has 1 aromatic carbocycles. The number of para-hydroxylation sites is 1. The third kappa shape index (κ3) is 5.55. The second-order valence-corrected chi connectivity index (χ2v) is 5.30. The van der Waals surface area contributed by atoms with Crippen LogP contribution in [-0.2, 0) is 19.1 Å². The molecule has 2 atom stereocenters. The van der Waals surface area contributed by atoms with Crippen LogP contribution in [0.2, 0.25) is 0 Å². The predicted molar refractivity (Wildman–Crippen MR) is 86.8 cm³/mol. The number of ether oxygens (including phenoxy) is 2. The van der Waals surface area contributed by atoms with Gasteiger partial charge in [0, 0.05) is 6.07 Å². The van der Waals surface area contributed by atoms with Crippen LogP contribution in [-0.4, -0.2) is 42.5 Å². The molecular weight excluding hydrogens is 332 g/mol. The molecule has 0 aliphatic carbocycles. The van der Waals surface area contributed by atoms with Crippen molar-refractivity contribution in [2.75, 3.05) is 13.7 Å². The number of hydrogen-bond donors (Lipinski definition) is 1. The number of carbonyl (C=O) groups is 3. The van der Waals surface area contributed by atoms with Gasteiger partial charge in [-0.3, -0.25) is 14.9 Å². The summed E-state index contributed by atoms with van der Waals surface area (Å²) >= 11 is 0. The summed E-state index contributed by atoms with van der Waals surface area (Å²) in [4.78, 5) is 45.7. The van der Waals surface area contributed by atoms with Gasteiger partial charge in [-0.25, -0.2) is 9.59 Å². The number of methoxy groups -OCH3 is 1. The van der Waals surface area contributed by atoms with Crippen molar-refractivity contribution >= 4 is 23.5 Å². The number of nitro benzene ring substituents is 1. The summed E-state index contributed by atoms with van der Waals surface area (Å²) in [5, 5.41) is 13.3. The van der Waals surface area contributed by atoms with E-state index >= 15 is 0 Å². The second kappa shape index (κ2) is 9.36. The van der Waals surface area contributed by atoms with Crippen molar-refractivity contribution in [1.82, 2.24) is 5.32 Å². The quantitative estimate of drug-likeness (QED) is 0.426. The second-order valence-electron chi connectivity index (χ2n) is 5.30. The number of benzene rings is 1. The van der Waals surface area contributed by atoms with E-state index in [-0.39, 0.29) is 11.5 Å². The van der Waals surface area contributed by atoms with E-state index in [0.717, 1.165) is 6.07 Å². The lowest BCUT2D eigenvalue weighted by Crippen LogP contribution is -2.47. The van der Waals surface area contributed by atoms with Crippen LogP contribution in [0, 0.1) is 16.0 Å². The van der Waals surface area contributed by atoms with Gasteiger partial charge >= 0.3 is 11.9 Å². The van der Waals surface area contributed by atoms with E-state index in [2.05, 4.69) is 10.1 Å². The third-order valence-electron chi connectivity index (χ3n) is 3.64. The smallest absolute Gasteiger partial charge is 0.345 e. The minimum Gasteiger partial charge on any atom is -0.467 e. The van der Waals surface area contributed by atoms with E-state index in [4.69, 9.17) is 4.74 Å². The number of nitro groups is 1. The van der Waals surface area contributed by atoms with Crippen LogP contribution in [0.25, 0.3) is 0 Å². The average Bonchev–Trinajstić information content (AvgIpc) is 2.62. The van der Waals surface area contributed by atoms with Gasteiger partial charge in [-0.15, -0.1) is 0 Å². The molecule has 9 nitrogen and oxygen atoms in total. The normalized spacial score (nSPS) is 12.6. The molecule has 0 saturated carbocycles. The van der Waals surface area contributed by atoms with Crippen molar-refractivity contribution in [3.63, 3.8) is 0 Å². The van der Waals surface area contributed by atoms with Crippen LogP contribution >= 0.6 is 0 Å². The van der Waals surface area contributed by atoms with Gasteiger partial charge in [0.1, 0.15) is 11.6 Å². The Morgan fingerprint density at radius 3 is 2.48 bits per heavy atom. The van der Waals surface area contributed by atoms with Crippen LogP contribution in [0.1, 0.15) is 30.6 Å². The Hall–Kier alpha value is -2.97. The maximum atomic E-state index is 11.9. The SMILES string of the molecule is CC[C@@H](C)[C@@H](NC(=O)COC(=O)c1ccccc1[N+](=O)[O-])C(=O)OC. The van der Waals surface area contributed by atoms with Gasteiger partial charge in [0.05, 0.1) is 12.0 Å². The average molecular weight is 352 g/mol. The first-order chi connectivity index (χ1) is 11.8. The molecule has 0 aliphatic heterocycles. The Morgan fingerprint density at radius 1 is 1.28 bits per heavy atom. The highest BCUT2D eigenvalue weighted by atomic mass is 16.6. The molecule has 0 aliphatic rings. The van der Waals surface area contributed by atoms with Crippen molar-refractivity contribution in [1.29, 1.82) is 0 Å². The van der Waals surface area contributed by atoms with E-state index < -0.39 is 41.1 Å². The van der Waals surface area contributed by atoms with E-state index in [0.29, 0.717) is 6.42 Å². The molecule has 1 amide bonds. The topological polar surface area (TPSA) is 125 Å². The van der Waals surface area contributed by atoms with Gasteiger partial charge in [0.15, 0.2) is 6.61 Å². The molecule has 0 radical (unpaired) electrons. The molecule has 25 heavy (non-hydrogen) atoms. The summed E-state index contributed by atoms with van der Waals surface area (Å²) in [6, 6.07) is 4.38.